The van der Waals surface area contributed by atoms with Crippen LogP contribution in [0.15, 0.2) is 78.9 Å². The highest BCUT2D eigenvalue weighted by Gasteiger charge is 2.22. The van der Waals surface area contributed by atoms with Gasteiger partial charge in [-0.25, -0.2) is 5.48 Å². The summed E-state index contributed by atoms with van der Waals surface area (Å²) in [6.45, 7) is 1.96. The number of nitrogens with one attached hydrogen (secondary N) is 2. The lowest BCUT2D eigenvalue weighted by molar-refractivity contribution is -0.129. The molecule has 27 heavy (non-hydrogen) atoms. The molecule has 0 bridgehead atoms. The van der Waals surface area contributed by atoms with Gasteiger partial charge in [0.05, 0.1) is 5.92 Å². The average molecular weight is 360 g/mol. The molecule has 0 aliphatic rings. The van der Waals surface area contributed by atoms with Gasteiger partial charge >= 0.3 is 0 Å². The number of hydrogen-bond donors (Lipinski definition) is 3. The van der Waals surface area contributed by atoms with E-state index in [9.17, 15) is 9.59 Å². The van der Waals surface area contributed by atoms with Gasteiger partial charge in [-0.2, -0.15) is 0 Å². The Balaban J connectivity index is 1.80. The van der Waals surface area contributed by atoms with Gasteiger partial charge in [0.1, 0.15) is 0 Å². The van der Waals surface area contributed by atoms with Crippen molar-refractivity contribution in [3.63, 3.8) is 0 Å². The maximum Gasteiger partial charge on any atom is 0.255 e. The highest BCUT2D eigenvalue weighted by atomic mass is 16.5. The molecule has 0 saturated carbocycles. The number of carbonyl (C=O) groups is 2. The largest absolute Gasteiger partial charge is 0.322 e. The molecule has 136 valence electrons. The fraction of sp³-hybridized carbons (Fsp3) is 0.0909. The van der Waals surface area contributed by atoms with Crippen LogP contribution in [0.25, 0.3) is 0 Å². The van der Waals surface area contributed by atoms with Crippen LogP contribution in [0.4, 0.5) is 5.69 Å². The molecule has 0 saturated heterocycles. The zero-order chi connectivity index (χ0) is 19.2. The van der Waals surface area contributed by atoms with Crippen molar-refractivity contribution in [1.29, 1.82) is 0 Å². The lowest BCUT2D eigenvalue weighted by Gasteiger charge is -2.16. The normalized spacial score (nSPS) is 11.5. The van der Waals surface area contributed by atoms with Crippen LogP contribution >= 0.6 is 0 Å². The molecule has 0 spiro atoms. The van der Waals surface area contributed by atoms with Gasteiger partial charge < -0.3 is 5.32 Å². The van der Waals surface area contributed by atoms with E-state index in [1.165, 1.54) is 0 Å². The van der Waals surface area contributed by atoms with Crippen LogP contribution in [0.2, 0.25) is 0 Å². The molecular weight excluding hydrogens is 340 g/mol. The summed E-state index contributed by atoms with van der Waals surface area (Å²) in [5, 5.41) is 11.9. The summed E-state index contributed by atoms with van der Waals surface area (Å²) in [5.41, 5.74) is 5.49. The second-order valence-corrected chi connectivity index (χ2v) is 6.26. The van der Waals surface area contributed by atoms with E-state index >= 15 is 0 Å². The zero-order valence-corrected chi connectivity index (χ0v) is 14.8. The van der Waals surface area contributed by atoms with Gasteiger partial charge in [-0.1, -0.05) is 60.2 Å². The first-order valence-electron chi connectivity index (χ1n) is 8.55. The van der Waals surface area contributed by atoms with E-state index in [-0.39, 0.29) is 5.91 Å². The van der Waals surface area contributed by atoms with Crippen molar-refractivity contribution in [2.75, 3.05) is 5.32 Å². The predicted molar refractivity (Wildman–Crippen MR) is 104 cm³/mol. The van der Waals surface area contributed by atoms with E-state index in [2.05, 4.69) is 5.32 Å². The van der Waals surface area contributed by atoms with E-state index in [0.29, 0.717) is 16.8 Å². The van der Waals surface area contributed by atoms with Crippen molar-refractivity contribution in [2.24, 2.45) is 0 Å². The van der Waals surface area contributed by atoms with E-state index in [1.54, 1.807) is 41.9 Å². The average Bonchev–Trinajstić information content (AvgIpc) is 2.70. The zero-order valence-electron chi connectivity index (χ0n) is 14.8. The van der Waals surface area contributed by atoms with E-state index in [0.717, 1.165) is 11.1 Å². The Morgan fingerprint density at radius 3 is 2.00 bits per heavy atom. The summed E-state index contributed by atoms with van der Waals surface area (Å²) in [6, 6.07) is 23.5. The Hall–Kier alpha value is -3.44. The molecule has 0 radical (unpaired) electrons. The first kappa shape index (κ1) is 18.4. The van der Waals surface area contributed by atoms with Gasteiger partial charge in [-0.05, 0) is 42.3 Å². The Bertz CT molecular complexity index is 920. The van der Waals surface area contributed by atoms with Crippen LogP contribution < -0.4 is 10.8 Å². The topological polar surface area (TPSA) is 78.4 Å². The van der Waals surface area contributed by atoms with Gasteiger partial charge in [0.25, 0.3) is 11.8 Å². The molecule has 1 atom stereocenters. The smallest absolute Gasteiger partial charge is 0.255 e. The van der Waals surface area contributed by atoms with E-state index in [4.69, 9.17) is 5.21 Å². The number of benzene rings is 3. The fourth-order valence-corrected chi connectivity index (χ4v) is 2.87. The first-order valence-corrected chi connectivity index (χ1v) is 8.55. The van der Waals surface area contributed by atoms with Gasteiger partial charge in [0.2, 0.25) is 0 Å². The Kier molecular flexibility index (Phi) is 5.64. The van der Waals surface area contributed by atoms with Crippen molar-refractivity contribution in [3.05, 3.63) is 101 Å². The second-order valence-electron chi connectivity index (χ2n) is 6.26. The summed E-state index contributed by atoms with van der Waals surface area (Å²) in [4.78, 5) is 24.5. The lowest BCUT2D eigenvalue weighted by atomic mass is 9.90. The Morgan fingerprint density at radius 2 is 1.41 bits per heavy atom. The molecular formula is C22H20N2O3. The van der Waals surface area contributed by atoms with Gasteiger partial charge in [0, 0.05) is 11.3 Å². The molecule has 0 heterocycles. The molecule has 3 aromatic carbocycles. The van der Waals surface area contributed by atoms with Crippen LogP contribution in [0.3, 0.4) is 0 Å². The molecule has 2 amide bonds. The Labute approximate surface area is 157 Å². The van der Waals surface area contributed by atoms with Crippen molar-refractivity contribution in [2.45, 2.75) is 12.8 Å². The third-order valence-electron chi connectivity index (χ3n) is 4.32. The molecule has 0 aliphatic heterocycles. The highest BCUT2D eigenvalue weighted by molar-refractivity contribution is 6.04. The van der Waals surface area contributed by atoms with Crippen LogP contribution in [0.5, 0.6) is 0 Å². The number of rotatable bonds is 5. The summed E-state index contributed by atoms with van der Waals surface area (Å²) < 4.78 is 0. The molecule has 3 rings (SSSR count). The van der Waals surface area contributed by atoms with Crippen LogP contribution in [-0.2, 0) is 4.79 Å². The predicted octanol–water partition coefficient (Wildman–Crippen LogP) is 3.88. The van der Waals surface area contributed by atoms with Crippen LogP contribution in [-0.4, -0.2) is 17.0 Å². The highest BCUT2D eigenvalue weighted by Crippen LogP contribution is 2.26. The van der Waals surface area contributed by atoms with Crippen LogP contribution in [0, 0.1) is 6.92 Å². The summed E-state index contributed by atoms with van der Waals surface area (Å²) in [5.74, 6) is -1.36. The molecule has 5 nitrogen and oxygen atoms in total. The minimum Gasteiger partial charge on any atom is -0.322 e. The van der Waals surface area contributed by atoms with Crippen LogP contribution in [0.1, 0.15) is 33.0 Å². The first-order chi connectivity index (χ1) is 13.1. The molecule has 3 N–H and O–H groups in total. The lowest BCUT2D eigenvalue weighted by Crippen LogP contribution is -2.27. The minimum atomic E-state index is -0.641. The molecule has 0 aliphatic carbocycles. The number of amides is 2. The summed E-state index contributed by atoms with van der Waals surface area (Å²) in [7, 11) is 0. The van der Waals surface area contributed by atoms with Gasteiger partial charge in [-0.3, -0.25) is 14.8 Å². The third kappa shape index (κ3) is 4.40. The van der Waals surface area contributed by atoms with Gasteiger partial charge in [0.15, 0.2) is 0 Å². The number of anilines is 1. The minimum absolute atomic E-state index is 0.199. The van der Waals surface area contributed by atoms with Crippen molar-refractivity contribution >= 4 is 17.5 Å². The van der Waals surface area contributed by atoms with Crippen molar-refractivity contribution in [1.82, 2.24) is 5.48 Å². The van der Waals surface area contributed by atoms with Crippen molar-refractivity contribution < 1.29 is 14.8 Å². The molecule has 0 fully saturated rings. The quantitative estimate of drug-likeness (QED) is 0.477. The molecule has 5 heteroatoms. The fourth-order valence-electron chi connectivity index (χ4n) is 2.87. The second kappa shape index (κ2) is 8.29. The number of hydrogen-bond acceptors (Lipinski definition) is 3. The third-order valence-corrected chi connectivity index (χ3v) is 4.32. The van der Waals surface area contributed by atoms with Crippen molar-refractivity contribution in [3.8, 4) is 0 Å². The number of hydroxylamine groups is 1. The monoisotopic (exact) mass is 360 g/mol. The van der Waals surface area contributed by atoms with Gasteiger partial charge in [-0.15, -0.1) is 0 Å². The van der Waals surface area contributed by atoms with E-state index in [1.807, 2.05) is 49.4 Å². The summed E-state index contributed by atoms with van der Waals surface area (Å²) in [6.07, 6.45) is 0. The maximum absolute atomic E-state index is 12.3. The number of aryl methyl sites for hydroxylation is 1. The van der Waals surface area contributed by atoms with E-state index < -0.39 is 11.8 Å². The molecule has 0 aromatic heterocycles. The SMILES string of the molecule is Cc1ccc(C(=O)Nc2ccc(C(C(=O)NO)c3ccccc3)cc2)cc1. The maximum atomic E-state index is 12.3. The molecule has 1 unspecified atom stereocenters. The Morgan fingerprint density at radius 1 is 0.815 bits per heavy atom. The number of carbonyl (C=O) groups excluding carboxylic acids is 2. The standard InChI is InChI=1S/C22H20N2O3/c1-15-7-9-18(10-8-15)21(25)23-19-13-11-17(12-14-19)20(22(26)24-27)16-5-3-2-4-6-16/h2-14,20,27H,1H3,(H,23,25)(H,24,26). The molecule has 3 aromatic rings. The summed E-state index contributed by atoms with van der Waals surface area (Å²) >= 11 is 0.